The Morgan fingerprint density at radius 3 is 2.50 bits per heavy atom. The molecule has 2 aromatic carbocycles. The van der Waals surface area contributed by atoms with Gasteiger partial charge in [-0.15, -0.1) is 0 Å². The molecule has 4 aromatic rings. The number of benzene rings is 2. The van der Waals surface area contributed by atoms with Gasteiger partial charge in [0.1, 0.15) is 0 Å². The molecule has 0 atom stereocenters. The topological polar surface area (TPSA) is 59.3 Å². The highest BCUT2D eigenvalue weighted by molar-refractivity contribution is 6.30. The number of nitrogens with zero attached hydrogens (tertiary/aromatic N) is 3. The van der Waals surface area contributed by atoms with Crippen molar-refractivity contribution in [2.45, 2.75) is 20.4 Å². The van der Waals surface area contributed by atoms with Crippen LogP contribution in [0.4, 0.5) is 0 Å². The van der Waals surface area contributed by atoms with Crippen molar-refractivity contribution in [2.24, 2.45) is 0 Å². The molecular weight excluding hydrogens is 372 g/mol. The van der Waals surface area contributed by atoms with Crippen molar-refractivity contribution in [1.29, 1.82) is 0 Å². The Bertz CT molecular complexity index is 1150. The van der Waals surface area contributed by atoms with Gasteiger partial charge in [-0.2, -0.15) is 5.10 Å². The third kappa shape index (κ3) is 3.37. The zero-order valence-corrected chi connectivity index (χ0v) is 16.4. The zero-order valence-electron chi connectivity index (χ0n) is 15.6. The van der Waals surface area contributed by atoms with E-state index in [1.165, 1.54) is 0 Å². The largest absolute Gasteiger partial charge is 0.348 e. The number of hydrogen-bond acceptors (Lipinski definition) is 3. The molecule has 0 aliphatic rings. The van der Waals surface area contributed by atoms with Crippen molar-refractivity contribution in [2.75, 3.05) is 0 Å². The molecule has 2 aromatic heterocycles. The summed E-state index contributed by atoms with van der Waals surface area (Å²) in [4.78, 5) is 17.2. The minimum absolute atomic E-state index is 0.184. The maximum Gasteiger partial charge on any atom is 0.254 e. The van der Waals surface area contributed by atoms with E-state index in [2.05, 4.69) is 15.4 Å². The standard InChI is InChI=1S/C22H19ClN4O/c1-14-20(17-6-4-3-5-7-17)21-24-13-19(15(2)27(21)26-14)22(28)25-12-16-8-10-18(23)11-9-16/h3-11,13H,12H2,1-2H3,(H,25,28). The molecule has 0 saturated heterocycles. The van der Waals surface area contributed by atoms with E-state index in [0.29, 0.717) is 17.1 Å². The molecule has 2 heterocycles. The number of aromatic nitrogens is 3. The minimum atomic E-state index is -0.184. The molecule has 0 aliphatic heterocycles. The summed E-state index contributed by atoms with van der Waals surface area (Å²) in [6.45, 7) is 4.25. The molecule has 1 N–H and O–H groups in total. The highest BCUT2D eigenvalue weighted by Gasteiger charge is 2.18. The van der Waals surface area contributed by atoms with Gasteiger partial charge < -0.3 is 5.32 Å². The van der Waals surface area contributed by atoms with Gasteiger partial charge in [0.05, 0.1) is 17.0 Å². The summed E-state index contributed by atoms with van der Waals surface area (Å²) in [5.41, 5.74) is 5.90. The van der Waals surface area contributed by atoms with E-state index in [0.717, 1.165) is 33.7 Å². The van der Waals surface area contributed by atoms with Crippen molar-refractivity contribution in [3.8, 4) is 11.1 Å². The van der Waals surface area contributed by atoms with E-state index in [1.54, 1.807) is 22.8 Å². The van der Waals surface area contributed by atoms with Crippen LogP contribution >= 0.6 is 11.6 Å². The fourth-order valence-corrected chi connectivity index (χ4v) is 3.37. The zero-order chi connectivity index (χ0) is 19.7. The molecule has 0 bridgehead atoms. The lowest BCUT2D eigenvalue weighted by atomic mass is 10.1. The number of carbonyl (C=O) groups is 1. The quantitative estimate of drug-likeness (QED) is 0.554. The summed E-state index contributed by atoms with van der Waals surface area (Å²) in [5.74, 6) is -0.184. The van der Waals surface area contributed by atoms with Crippen molar-refractivity contribution in [1.82, 2.24) is 19.9 Å². The number of halogens is 1. The molecule has 1 amide bonds. The normalized spacial score (nSPS) is 11.0. The highest BCUT2D eigenvalue weighted by atomic mass is 35.5. The second kappa shape index (κ2) is 7.44. The van der Waals surface area contributed by atoms with Crippen molar-refractivity contribution < 1.29 is 4.79 Å². The molecule has 4 rings (SSSR count). The maximum atomic E-state index is 12.7. The Hall–Kier alpha value is -3.18. The van der Waals surface area contributed by atoms with Gasteiger partial charge in [-0.25, -0.2) is 9.50 Å². The summed E-state index contributed by atoms with van der Waals surface area (Å²) in [7, 11) is 0. The molecule has 140 valence electrons. The van der Waals surface area contributed by atoms with E-state index in [9.17, 15) is 4.79 Å². The van der Waals surface area contributed by atoms with Crippen molar-refractivity contribution >= 4 is 23.2 Å². The first-order valence-corrected chi connectivity index (χ1v) is 9.35. The monoisotopic (exact) mass is 390 g/mol. The van der Waals surface area contributed by atoms with Crippen LogP contribution in [0, 0.1) is 13.8 Å². The van der Waals surface area contributed by atoms with Crippen LogP contribution in [0.15, 0.2) is 60.8 Å². The predicted molar refractivity (Wildman–Crippen MR) is 111 cm³/mol. The number of aryl methyl sites for hydroxylation is 2. The van der Waals surface area contributed by atoms with Gasteiger partial charge >= 0.3 is 0 Å². The van der Waals surface area contributed by atoms with Crippen LogP contribution in [0.3, 0.4) is 0 Å². The molecule has 0 fully saturated rings. The maximum absolute atomic E-state index is 12.7. The molecule has 6 heteroatoms. The second-order valence-corrected chi connectivity index (χ2v) is 7.06. The first-order valence-electron chi connectivity index (χ1n) is 8.97. The summed E-state index contributed by atoms with van der Waals surface area (Å²) in [5, 5.41) is 8.22. The van der Waals surface area contributed by atoms with Crippen molar-refractivity contribution in [3.63, 3.8) is 0 Å². The van der Waals surface area contributed by atoms with Crippen LogP contribution in [-0.4, -0.2) is 20.5 Å². The summed E-state index contributed by atoms with van der Waals surface area (Å²) in [6, 6.07) is 17.4. The third-order valence-electron chi connectivity index (χ3n) is 4.73. The van der Waals surface area contributed by atoms with Gasteiger partial charge in [-0.1, -0.05) is 54.1 Å². The smallest absolute Gasteiger partial charge is 0.254 e. The molecule has 5 nitrogen and oxygen atoms in total. The molecular formula is C22H19ClN4O. The van der Waals surface area contributed by atoms with Crippen LogP contribution in [0.2, 0.25) is 5.02 Å². The van der Waals surface area contributed by atoms with Crippen LogP contribution in [-0.2, 0) is 6.54 Å². The van der Waals surface area contributed by atoms with Crippen LogP contribution < -0.4 is 5.32 Å². The van der Waals surface area contributed by atoms with E-state index < -0.39 is 0 Å². The fourth-order valence-electron chi connectivity index (χ4n) is 3.25. The average Bonchev–Trinajstić information content (AvgIpc) is 3.05. The van der Waals surface area contributed by atoms with Gasteiger partial charge in [0.15, 0.2) is 5.65 Å². The number of carbonyl (C=O) groups excluding carboxylic acids is 1. The van der Waals surface area contributed by atoms with Gasteiger partial charge in [0.2, 0.25) is 0 Å². The Morgan fingerprint density at radius 1 is 1.07 bits per heavy atom. The summed E-state index contributed by atoms with van der Waals surface area (Å²) >= 11 is 5.90. The number of amides is 1. The Kier molecular flexibility index (Phi) is 4.84. The molecule has 0 saturated carbocycles. The Labute approximate surface area is 168 Å². The van der Waals surface area contributed by atoms with Gasteiger partial charge in [-0.3, -0.25) is 4.79 Å². The first-order chi connectivity index (χ1) is 13.5. The predicted octanol–water partition coefficient (Wildman–Crippen LogP) is 4.60. The van der Waals surface area contributed by atoms with E-state index >= 15 is 0 Å². The molecule has 0 radical (unpaired) electrons. The number of hydrogen-bond donors (Lipinski definition) is 1. The lowest BCUT2D eigenvalue weighted by Gasteiger charge is -2.09. The minimum Gasteiger partial charge on any atom is -0.348 e. The van der Waals surface area contributed by atoms with Crippen molar-refractivity contribution in [3.05, 3.63) is 88.3 Å². The molecule has 28 heavy (non-hydrogen) atoms. The number of fused-ring (bicyclic) bond motifs is 1. The lowest BCUT2D eigenvalue weighted by Crippen LogP contribution is -2.24. The van der Waals surface area contributed by atoms with Crippen LogP contribution in [0.5, 0.6) is 0 Å². The lowest BCUT2D eigenvalue weighted by molar-refractivity contribution is 0.0949. The molecule has 0 unspecified atom stereocenters. The van der Waals surface area contributed by atoms with Crippen LogP contribution in [0.25, 0.3) is 16.8 Å². The van der Waals surface area contributed by atoms with E-state index in [4.69, 9.17) is 11.6 Å². The summed E-state index contributed by atoms with van der Waals surface area (Å²) < 4.78 is 1.74. The van der Waals surface area contributed by atoms with Crippen LogP contribution in [0.1, 0.15) is 27.3 Å². The van der Waals surface area contributed by atoms with E-state index in [-0.39, 0.29) is 5.91 Å². The highest BCUT2D eigenvalue weighted by Crippen LogP contribution is 2.27. The van der Waals surface area contributed by atoms with E-state index in [1.807, 2.05) is 56.3 Å². The second-order valence-electron chi connectivity index (χ2n) is 6.63. The van der Waals surface area contributed by atoms with Gasteiger partial charge in [-0.05, 0) is 37.1 Å². The number of nitrogens with one attached hydrogen (secondary N) is 1. The summed E-state index contributed by atoms with van der Waals surface area (Å²) in [6.07, 6.45) is 1.62. The Morgan fingerprint density at radius 2 is 1.79 bits per heavy atom. The first kappa shape index (κ1) is 18.2. The third-order valence-corrected chi connectivity index (χ3v) is 4.98. The molecule has 0 aliphatic carbocycles. The average molecular weight is 391 g/mol. The molecule has 0 spiro atoms. The fraction of sp³-hybridized carbons (Fsp3) is 0.136. The SMILES string of the molecule is Cc1nn2c(C)c(C(=O)NCc3ccc(Cl)cc3)cnc2c1-c1ccccc1. The van der Waals surface area contributed by atoms with Gasteiger partial charge in [0, 0.05) is 23.3 Å². The number of rotatable bonds is 4. The Balaban J connectivity index is 1.64. The van der Waals surface area contributed by atoms with Gasteiger partial charge in [0.25, 0.3) is 5.91 Å².